The molecule has 3 heterocycles. The molecule has 106 valence electrons. The molecular weight excluding hydrogens is 248 g/mol. The maximum Gasteiger partial charge on any atom is 0.106 e. The van der Waals surface area contributed by atoms with Gasteiger partial charge in [0.1, 0.15) is 5.82 Å². The number of nitrogens with one attached hydrogen (secondary N) is 1. The molecule has 3 rings (SSSR count). The zero-order valence-corrected chi connectivity index (χ0v) is 12.6. The highest BCUT2D eigenvalue weighted by Gasteiger charge is 2.31. The van der Waals surface area contributed by atoms with Crippen LogP contribution in [0.4, 0.5) is 0 Å². The second kappa shape index (κ2) is 5.02. The molecule has 0 amide bonds. The predicted molar refractivity (Wildman–Crippen MR) is 79.7 cm³/mol. The van der Waals surface area contributed by atoms with Crippen molar-refractivity contribution in [3.05, 3.63) is 47.3 Å². The van der Waals surface area contributed by atoms with Crippen LogP contribution in [0.25, 0.3) is 0 Å². The van der Waals surface area contributed by atoms with Gasteiger partial charge in [0.05, 0.1) is 11.7 Å². The van der Waals surface area contributed by atoms with Crippen molar-refractivity contribution in [1.82, 2.24) is 19.9 Å². The second-order valence-electron chi connectivity index (χ2n) is 5.91. The van der Waals surface area contributed by atoms with Gasteiger partial charge < -0.3 is 9.88 Å². The average molecular weight is 270 g/mol. The summed E-state index contributed by atoms with van der Waals surface area (Å²) in [5.41, 5.74) is 3.75. The Morgan fingerprint density at radius 2 is 2.15 bits per heavy atom. The van der Waals surface area contributed by atoms with Gasteiger partial charge in [0.2, 0.25) is 0 Å². The Morgan fingerprint density at radius 3 is 2.90 bits per heavy atom. The van der Waals surface area contributed by atoms with Crippen molar-refractivity contribution in [2.45, 2.75) is 52.2 Å². The molecule has 2 unspecified atom stereocenters. The van der Waals surface area contributed by atoms with Gasteiger partial charge in [0.25, 0.3) is 0 Å². The molecule has 1 aliphatic heterocycles. The monoisotopic (exact) mass is 270 g/mol. The van der Waals surface area contributed by atoms with Crippen LogP contribution in [0, 0.1) is 6.92 Å². The molecule has 0 aliphatic carbocycles. The molecule has 20 heavy (non-hydrogen) atoms. The highest BCUT2D eigenvalue weighted by molar-refractivity contribution is 5.31. The standard InChI is InChI=1S/C16H22N4/c1-10(2)15-14(6-5-7-17-15)16-11(3)18-8-13-9-19-12(4)20(13)16/h5-7,9-11,16,18H,8H2,1-4H3. The summed E-state index contributed by atoms with van der Waals surface area (Å²) in [6.07, 6.45) is 3.87. The Hall–Kier alpha value is -1.68. The van der Waals surface area contributed by atoms with E-state index in [0.717, 1.165) is 12.4 Å². The number of aryl methyl sites for hydroxylation is 1. The third-order valence-corrected chi connectivity index (χ3v) is 4.15. The van der Waals surface area contributed by atoms with Crippen LogP contribution >= 0.6 is 0 Å². The molecule has 4 nitrogen and oxygen atoms in total. The van der Waals surface area contributed by atoms with Gasteiger partial charge in [-0.2, -0.15) is 0 Å². The maximum atomic E-state index is 4.61. The number of rotatable bonds is 2. The summed E-state index contributed by atoms with van der Waals surface area (Å²) in [4.78, 5) is 9.10. The first-order valence-electron chi connectivity index (χ1n) is 7.30. The van der Waals surface area contributed by atoms with Crippen LogP contribution in [-0.4, -0.2) is 20.6 Å². The number of pyridine rings is 1. The van der Waals surface area contributed by atoms with Gasteiger partial charge in [-0.05, 0) is 31.4 Å². The van der Waals surface area contributed by atoms with E-state index in [1.165, 1.54) is 17.0 Å². The van der Waals surface area contributed by atoms with Crippen LogP contribution < -0.4 is 5.32 Å². The van der Waals surface area contributed by atoms with Crippen molar-refractivity contribution in [2.75, 3.05) is 0 Å². The first-order valence-corrected chi connectivity index (χ1v) is 7.30. The summed E-state index contributed by atoms with van der Waals surface area (Å²) in [5.74, 6) is 1.50. The van der Waals surface area contributed by atoms with Gasteiger partial charge in [-0.15, -0.1) is 0 Å². The van der Waals surface area contributed by atoms with Crippen molar-refractivity contribution >= 4 is 0 Å². The summed E-state index contributed by atoms with van der Waals surface area (Å²) in [6.45, 7) is 9.61. The lowest BCUT2D eigenvalue weighted by Crippen LogP contribution is -2.42. The van der Waals surface area contributed by atoms with E-state index in [4.69, 9.17) is 0 Å². The van der Waals surface area contributed by atoms with E-state index in [1.807, 2.05) is 18.5 Å². The molecule has 2 aromatic rings. The van der Waals surface area contributed by atoms with Gasteiger partial charge >= 0.3 is 0 Å². The lowest BCUT2D eigenvalue weighted by Gasteiger charge is -2.35. The summed E-state index contributed by atoms with van der Waals surface area (Å²) in [6, 6.07) is 4.89. The zero-order valence-electron chi connectivity index (χ0n) is 12.6. The van der Waals surface area contributed by atoms with Crippen LogP contribution in [0.5, 0.6) is 0 Å². The van der Waals surface area contributed by atoms with Crippen LogP contribution in [0.2, 0.25) is 0 Å². The lowest BCUT2D eigenvalue weighted by atomic mass is 9.92. The fourth-order valence-corrected chi connectivity index (χ4v) is 3.18. The minimum atomic E-state index is 0.271. The summed E-state index contributed by atoms with van der Waals surface area (Å²) in [5, 5.41) is 3.58. The summed E-state index contributed by atoms with van der Waals surface area (Å²) >= 11 is 0. The highest BCUT2D eigenvalue weighted by atomic mass is 15.2. The third-order valence-electron chi connectivity index (χ3n) is 4.15. The van der Waals surface area contributed by atoms with Crippen molar-refractivity contribution in [2.24, 2.45) is 0 Å². The summed E-state index contributed by atoms with van der Waals surface area (Å²) < 4.78 is 2.37. The van der Waals surface area contributed by atoms with E-state index in [0.29, 0.717) is 12.0 Å². The van der Waals surface area contributed by atoms with E-state index in [1.54, 1.807) is 0 Å². The number of aromatic nitrogens is 3. The molecule has 4 heteroatoms. The number of nitrogens with zero attached hydrogens (tertiary/aromatic N) is 3. The van der Waals surface area contributed by atoms with E-state index in [9.17, 15) is 0 Å². The van der Waals surface area contributed by atoms with E-state index in [-0.39, 0.29) is 6.04 Å². The first kappa shape index (κ1) is 13.3. The highest BCUT2D eigenvalue weighted by Crippen LogP contribution is 2.32. The van der Waals surface area contributed by atoms with Crippen molar-refractivity contribution < 1.29 is 0 Å². The first-order chi connectivity index (χ1) is 9.59. The SMILES string of the molecule is Cc1ncc2n1C(c1cccnc1C(C)C)C(C)NC2. The second-order valence-corrected chi connectivity index (χ2v) is 5.91. The quantitative estimate of drug-likeness (QED) is 0.912. The molecule has 0 spiro atoms. The number of hydrogen-bond donors (Lipinski definition) is 1. The van der Waals surface area contributed by atoms with Gasteiger partial charge in [-0.25, -0.2) is 4.98 Å². The summed E-state index contributed by atoms with van der Waals surface area (Å²) in [7, 11) is 0. The Balaban J connectivity index is 2.16. The van der Waals surface area contributed by atoms with Crippen LogP contribution in [-0.2, 0) is 6.54 Å². The van der Waals surface area contributed by atoms with Crippen molar-refractivity contribution in [3.63, 3.8) is 0 Å². The molecule has 1 aliphatic rings. The Labute approximate surface area is 120 Å². The van der Waals surface area contributed by atoms with Crippen LogP contribution in [0.1, 0.15) is 55.5 Å². The number of imidazole rings is 1. The lowest BCUT2D eigenvalue weighted by molar-refractivity contribution is 0.352. The van der Waals surface area contributed by atoms with Gasteiger partial charge in [-0.1, -0.05) is 19.9 Å². The maximum absolute atomic E-state index is 4.61. The van der Waals surface area contributed by atoms with E-state index in [2.05, 4.69) is 53.6 Å². The van der Waals surface area contributed by atoms with E-state index >= 15 is 0 Å². The Morgan fingerprint density at radius 1 is 1.35 bits per heavy atom. The molecule has 2 atom stereocenters. The molecule has 0 radical (unpaired) electrons. The smallest absolute Gasteiger partial charge is 0.106 e. The number of fused-ring (bicyclic) bond motifs is 1. The molecule has 1 N–H and O–H groups in total. The van der Waals surface area contributed by atoms with E-state index < -0.39 is 0 Å². The fraction of sp³-hybridized carbons (Fsp3) is 0.500. The van der Waals surface area contributed by atoms with Gasteiger partial charge in [-0.3, -0.25) is 4.98 Å². The molecular formula is C16H22N4. The minimum absolute atomic E-state index is 0.271. The zero-order chi connectivity index (χ0) is 14.3. The topological polar surface area (TPSA) is 42.7 Å². The van der Waals surface area contributed by atoms with Crippen molar-refractivity contribution in [3.8, 4) is 0 Å². The normalized spacial score (nSPS) is 22.1. The Kier molecular flexibility index (Phi) is 3.34. The predicted octanol–water partition coefficient (Wildman–Crippen LogP) is 2.79. The molecule has 0 saturated carbocycles. The fourth-order valence-electron chi connectivity index (χ4n) is 3.18. The minimum Gasteiger partial charge on any atom is -0.322 e. The number of hydrogen-bond acceptors (Lipinski definition) is 3. The Bertz CT molecular complexity index is 615. The molecule has 0 bridgehead atoms. The molecule has 0 saturated heterocycles. The van der Waals surface area contributed by atoms with Gasteiger partial charge in [0.15, 0.2) is 0 Å². The van der Waals surface area contributed by atoms with Crippen LogP contribution in [0.3, 0.4) is 0 Å². The van der Waals surface area contributed by atoms with Crippen molar-refractivity contribution in [1.29, 1.82) is 0 Å². The van der Waals surface area contributed by atoms with Crippen LogP contribution in [0.15, 0.2) is 24.5 Å². The largest absolute Gasteiger partial charge is 0.322 e. The molecule has 0 fully saturated rings. The third kappa shape index (κ3) is 2.04. The average Bonchev–Trinajstić information content (AvgIpc) is 2.81. The molecule has 2 aromatic heterocycles. The molecule has 0 aromatic carbocycles. The van der Waals surface area contributed by atoms with Gasteiger partial charge in [0, 0.05) is 30.7 Å².